The molecule has 4 aromatic rings. The van der Waals surface area contributed by atoms with Gasteiger partial charge in [0, 0.05) is 11.9 Å². The summed E-state index contributed by atoms with van der Waals surface area (Å²) in [6.45, 7) is 0.221. The number of nitrogens with two attached hydrogens (primary N) is 1. The summed E-state index contributed by atoms with van der Waals surface area (Å²) in [6, 6.07) is 12.7. The van der Waals surface area contributed by atoms with Crippen LogP contribution in [0.5, 0.6) is 0 Å². The molecule has 2 aromatic heterocycles. The third-order valence-corrected chi connectivity index (χ3v) is 6.51. The summed E-state index contributed by atoms with van der Waals surface area (Å²) in [7, 11) is -4.11. The molecule has 0 amide bonds. The average molecular weight is 613 g/mol. The lowest BCUT2D eigenvalue weighted by molar-refractivity contribution is -0.137. The molecule has 0 bridgehead atoms. The highest BCUT2D eigenvalue weighted by molar-refractivity contribution is 7.89. The van der Waals surface area contributed by atoms with Crippen molar-refractivity contribution in [3.05, 3.63) is 101 Å². The maximum absolute atomic E-state index is 12.6. The predicted octanol–water partition coefficient (Wildman–Crippen LogP) is 5.43. The topological polar surface area (TPSA) is 185 Å². The lowest BCUT2D eigenvalue weighted by Crippen LogP contribution is -2.15. The van der Waals surface area contributed by atoms with E-state index in [-0.39, 0.29) is 39.9 Å². The normalized spacial score (nSPS) is 11.2. The summed E-state index contributed by atoms with van der Waals surface area (Å²) in [4.78, 5) is 25.6. The minimum atomic E-state index is -4.46. The van der Waals surface area contributed by atoms with Crippen LogP contribution < -0.4 is 15.8 Å². The first-order chi connectivity index (χ1) is 19.2. The number of anilines is 3. The van der Waals surface area contributed by atoms with Crippen LogP contribution >= 0.6 is 11.6 Å². The molecular weight excluding hydrogens is 593 g/mol. The lowest BCUT2D eigenvalue weighted by atomic mass is 10.1. The van der Waals surface area contributed by atoms with Crippen LogP contribution in [0, 0.1) is 0 Å². The van der Waals surface area contributed by atoms with Crippen LogP contribution in [0.15, 0.2) is 82.4 Å². The molecule has 0 saturated heterocycles. The molecular formula is C25H20ClF3N4O7S. The zero-order chi connectivity index (χ0) is 30.4. The Hall–Kier alpha value is -4.60. The van der Waals surface area contributed by atoms with Crippen LogP contribution in [0.4, 0.5) is 30.4 Å². The van der Waals surface area contributed by atoms with E-state index in [0.717, 1.165) is 18.2 Å². The minimum Gasteiger partial charge on any atom is -0.478 e. The molecule has 0 fully saturated rings. The Bertz CT molecular complexity index is 1660. The number of hydrogen-bond acceptors (Lipinski definition) is 8. The van der Waals surface area contributed by atoms with Crippen molar-refractivity contribution in [1.29, 1.82) is 0 Å². The second-order valence-electron chi connectivity index (χ2n) is 8.02. The number of rotatable bonds is 8. The van der Waals surface area contributed by atoms with Crippen LogP contribution in [0.1, 0.15) is 32.0 Å². The first kappa shape index (κ1) is 30.9. The fourth-order valence-corrected chi connectivity index (χ4v) is 4.38. The van der Waals surface area contributed by atoms with Crippen LogP contribution in [-0.2, 0) is 22.7 Å². The second kappa shape index (κ2) is 12.7. The zero-order valence-electron chi connectivity index (χ0n) is 20.5. The van der Waals surface area contributed by atoms with Crippen molar-refractivity contribution < 1.29 is 45.8 Å². The van der Waals surface area contributed by atoms with Crippen molar-refractivity contribution in [2.75, 3.05) is 10.6 Å². The number of carboxylic acids is 2. The van der Waals surface area contributed by atoms with Gasteiger partial charge in [-0.1, -0.05) is 17.7 Å². The number of aromatic carboxylic acids is 2. The number of nitrogens with one attached hydrogen (secondary N) is 2. The van der Waals surface area contributed by atoms with Crippen molar-refractivity contribution in [1.82, 2.24) is 4.98 Å². The Kier molecular flexibility index (Phi) is 9.59. The van der Waals surface area contributed by atoms with Crippen molar-refractivity contribution in [2.45, 2.75) is 17.6 Å². The Morgan fingerprint density at radius 3 is 2.29 bits per heavy atom. The van der Waals surface area contributed by atoms with E-state index < -0.39 is 38.6 Å². The molecule has 2 heterocycles. The van der Waals surface area contributed by atoms with Crippen molar-refractivity contribution >= 4 is 50.8 Å². The van der Waals surface area contributed by atoms with Crippen LogP contribution in [0.2, 0.25) is 5.02 Å². The summed E-state index contributed by atoms with van der Waals surface area (Å²) in [5.74, 6) is -1.96. The maximum atomic E-state index is 12.6. The molecule has 16 heteroatoms. The van der Waals surface area contributed by atoms with Crippen molar-refractivity contribution in [3.8, 4) is 0 Å². The number of pyridine rings is 1. The van der Waals surface area contributed by atoms with Gasteiger partial charge < -0.3 is 25.3 Å². The molecule has 216 valence electrons. The monoisotopic (exact) mass is 612 g/mol. The fraction of sp³-hybridized carbons (Fsp3) is 0.0800. The Balaban J connectivity index is 0.000000226. The summed E-state index contributed by atoms with van der Waals surface area (Å²) in [5, 5.41) is 28.4. The van der Waals surface area contributed by atoms with E-state index >= 15 is 0 Å². The number of furan rings is 1. The van der Waals surface area contributed by atoms with Crippen LogP contribution in [-0.4, -0.2) is 35.6 Å². The molecule has 0 aliphatic heterocycles. The summed E-state index contributed by atoms with van der Waals surface area (Å²) in [5.41, 5.74) is -0.924. The smallest absolute Gasteiger partial charge is 0.416 e. The minimum absolute atomic E-state index is 0.0145. The molecule has 0 saturated carbocycles. The summed E-state index contributed by atoms with van der Waals surface area (Å²) in [6.07, 6.45) is -1.63. The van der Waals surface area contributed by atoms with Gasteiger partial charge in [-0.05, 0) is 54.6 Å². The standard InChI is InChI=1S/C13H9F3N2O2.C12H11ClN2O5S/c14-13(15,16)8-3-1-4-9(7-8)18-11-10(12(19)20)5-2-6-17-11;13-9-5-10(15-6-7-2-1-3-20-7)8(12(16)17)4-11(9)21(14,18)19/h1-7H,(H,17,18)(H,19,20);1-5,15H,6H2,(H,16,17)(H2,14,18,19). The number of carboxylic acid groups (broad SMARTS) is 2. The molecule has 6 N–H and O–H groups in total. The van der Waals surface area contributed by atoms with Gasteiger partial charge >= 0.3 is 18.1 Å². The molecule has 11 nitrogen and oxygen atoms in total. The van der Waals surface area contributed by atoms with E-state index in [0.29, 0.717) is 5.76 Å². The molecule has 41 heavy (non-hydrogen) atoms. The third kappa shape index (κ3) is 8.44. The highest BCUT2D eigenvalue weighted by atomic mass is 35.5. The van der Waals surface area contributed by atoms with Crippen molar-refractivity contribution in [3.63, 3.8) is 0 Å². The van der Waals surface area contributed by atoms with E-state index in [1.54, 1.807) is 12.1 Å². The number of hydrogen-bond donors (Lipinski definition) is 5. The number of carbonyl (C=O) groups is 2. The predicted molar refractivity (Wildman–Crippen MR) is 142 cm³/mol. The van der Waals surface area contributed by atoms with Gasteiger partial charge in [-0.15, -0.1) is 0 Å². The highest BCUT2D eigenvalue weighted by Gasteiger charge is 2.30. The number of benzene rings is 2. The third-order valence-electron chi connectivity index (χ3n) is 5.13. The van der Waals surface area contributed by atoms with Gasteiger partial charge in [0.1, 0.15) is 22.0 Å². The first-order valence-corrected chi connectivity index (χ1v) is 13.1. The van der Waals surface area contributed by atoms with E-state index in [2.05, 4.69) is 15.6 Å². The van der Waals surface area contributed by atoms with Gasteiger partial charge in [-0.2, -0.15) is 13.2 Å². The average Bonchev–Trinajstić information content (AvgIpc) is 3.40. The maximum Gasteiger partial charge on any atom is 0.416 e. The Morgan fingerprint density at radius 2 is 1.71 bits per heavy atom. The summed E-state index contributed by atoms with van der Waals surface area (Å²) < 4.78 is 65.5. The first-order valence-electron chi connectivity index (χ1n) is 11.2. The molecule has 0 atom stereocenters. The number of sulfonamides is 1. The zero-order valence-corrected chi connectivity index (χ0v) is 22.1. The second-order valence-corrected chi connectivity index (χ2v) is 9.96. The Morgan fingerprint density at radius 1 is 1.00 bits per heavy atom. The molecule has 0 radical (unpaired) electrons. The molecule has 0 aliphatic rings. The van der Waals surface area contributed by atoms with Gasteiger partial charge in [0.05, 0.1) is 34.6 Å². The van der Waals surface area contributed by atoms with Gasteiger partial charge in [0.15, 0.2) is 0 Å². The largest absolute Gasteiger partial charge is 0.478 e. The van der Waals surface area contributed by atoms with Crippen LogP contribution in [0.3, 0.4) is 0 Å². The number of nitrogens with zero attached hydrogens (tertiary/aromatic N) is 1. The number of aromatic nitrogens is 1. The number of primary sulfonamides is 1. The van der Waals surface area contributed by atoms with Crippen LogP contribution in [0.25, 0.3) is 0 Å². The van der Waals surface area contributed by atoms with E-state index in [1.165, 1.54) is 42.8 Å². The van der Waals surface area contributed by atoms with E-state index in [9.17, 15) is 31.2 Å². The molecule has 4 rings (SSSR count). The number of halogens is 4. The van der Waals surface area contributed by atoms with Crippen molar-refractivity contribution in [2.24, 2.45) is 5.14 Å². The molecule has 0 aliphatic carbocycles. The fourth-order valence-electron chi connectivity index (χ4n) is 3.28. The Labute approximate surface area is 235 Å². The van der Waals surface area contributed by atoms with E-state index in [1.807, 2.05) is 0 Å². The van der Waals surface area contributed by atoms with Gasteiger partial charge in [0.25, 0.3) is 0 Å². The SMILES string of the molecule is NS(=O)(=O)c1cc(C(=O)O)c(NCc2ccco2)cc1Cl.O=C(O)c1cccnc1Nc1cccc(C(F)(F)F)c1. The summed E-state index contributed by atoms with van der Waals surface area (Å²) >= 11 is 5.84. The van der Waals surface area contributed by atoms with Gasteiger partial charge in [-0.25, -0.2) is 28.1 Å². The van der Waals surface area contributed by atoms with Gasteiger partial charge in [0.2, 0.25) is 10.0 Å². The molecule has 2 aromatic carbocycles. The van der Waals surface area contributed by atoms with Gasteiger partial charge in [-0.3, -0.25) is 0 Å². The highest BCUT2D eigenvalue weighted by Crippen LogP contribution is 2.32. The lowest BCUT2D eigenvalue weighted by Gasteiger charge is -2.11. The number of alkyl halides is 3. The molecule has 0 unspecified atom stereocenters. The quantitative estimate of drug-likeness (QED) is 0.172. The molecule has 0 spiro atoms. The van der Waals surface area contributed by atoms with E-state index in [4.69, 9.17) is 31.4 Å².